The van der Waals surface area contributed by atoms with Gasteiger partial charge in [0.05, 0.1) is 0 Å². The predicted octanol–water partition coefficient (Wildman–Crippen LogP) is -0.294. The number of hydrogen-bond donors (Lipinski definition) is 3. The van der Waals surface area contributed by atoms with E-state index in [1.165, 1.54) is 0 Å². The molecule has 3 nitrogen and oxygen atoms in total. The van der Waals surface area contributed by atoms with E-state index >= 15 is 0 Å². The van der Waals surface area contributed by atoms with Crippen LogP contribution in [0.3, 0.4) is 0 Å². The molecule has 0 aromatic carbocycles. The molecular formula is C5H14O3. The average molecular weight is 122 g/mol. The third-order valence-corrected chi connectivity index (χ3v) is 0.365. The van der Waals surface area contributed by atoms with Crippen LogP contribution in [0.5, 0.6) is 0 Å². The lowest BCUT2D eigenvalue weighted by molar-refractivity contribution is -0.0413. The Morgan fingerprint density at radius 1 is 1.25 bits per heavy atom. The Balaban J connectivity index is 0. The molecule has 0 fully saturated rings. The van der Waals surface area contributed by atoms with E-state index in [1.54, 1.807) is 13.8 Å². The Kier molecular flexibility index (Phi) is 13.5. The van der Waals surface area contributed by atoms with Crippen molar-refractivity contribution in [3.63, 3.8) is 0 Å². The van der Waals surface area contributed by atoms with Crippen molar-refractivity contribution in [3.05, 3.63) is 0 Å². The van der Waals surface area contributed by atoms with E-state index in [2.05, 4.69) is 0 Å². The zero-order valence-corrected chi connectivity index (χ0v) is 5.33. The summed E-state index contributed by atoms with van der Waals surface area (Å²) in [6.07, 6.45) is -0.699. The van der Waals surface area contributed by atoms with Crippen LogP contribution in [0, 0.1) is 0 Å². The van der Waals surface area contributed by atoms with Crippen LogP contribution in [0.25, 0.3) is 0 Å². The minimum Gasteiger partial charge on any atom is -0.397 e. The van der Waals surface area contributed by atoms with Gasteiger partial charge in [-0.1, -0.05) is 6.92 Å². The van der Waals surface area contributed by atoms with Crippen molar-refractivity contribution >= 4 is 0 Å². The number of aliphatic hydroxyl groups excluding tert-OH is 2. The lowest BCUT2D eigenvalue weighted by Crippen LogP contribution is -1.99. The van der Waals surface area contributed by atoms with Crippen LogP contribution in [0.15, 0.2) is 0 Å². The van der Waals surface area contributed by atoms with Crippen LogP contribution in [-0.4, -0.2) is 28.2 Å². The summed E-state index contributed by atoms with van der Waals surface area (Å²) in [4.78, 5) is 0. The molecule has 0 unspecified atom stereocenters. The van der Waals surface area contributed by atoms with Gasteiger partial charge in [0.25, 0.3) is 0 Å². The molecule has 0 heterocycles. The normalized spacial score (nSPS) is 8.25. The topological polar surface area (TPSA) is 60.7 Å². The highest BCUT2D eigenvalue weighted by Gasteiger charge is 1.83. The molecule has 0 bridgehead atoms. The Labute approximate surface area is 49.6 Å². The SMILES string of the molecule is CCC(O)O.CCO. The Morgan fingerprint density at radius 2 is 1.38 bits per heavy atom. The van der Waals surface area contributed by atoms with Crippen molar-refractivity contribution in [2.45, 2.75) is 26.6 Å². The van der Waals surface area contributed by atoms with Crippen LogP contribution in [-0.2, 0) is 0 Å². The molecule has 0 aromatic rings. The summed E-state index contributed by atoms with van der Waals surface area (Å²) >= 11 is 0. The minimum atomic E-state index is -1.12. The van der Waals surface area contributed by atoms with E-state index < -0.39 is 6.29 Å². The monoisotopic (exact) mass is 122 g/mol. The fourth-order valence-electron chi connectivity index (χ4n) is 0. The molecule has 0 aromatic heterocycles. The van der Waals surface area contributed by atoms with Gasteiger partial charge in [0.15, 0.2) is 6.29 Å². The first-order chi connectivity index (χ1) is 3.68. The Hall–Kier alpha value is -0.120. The summed E-state index contributed by atoms with van der Waals surface area (Å²) < 4.78 is 0. The highest BCUT2D eigenvalue weighted by molar-refractivity contribution is 4.21. The largest absolute Gasteiger partial charge is 0.397 e. The van der Waals surface area contributed by atoms with Crippen molar-refractivity contribution in [2.75, 3.05) is 6.61 Å². The fourth-order valence-corrected chi connectivity index (χ4v) is 0. The molecule has 3 heteroatoms. The summed E-state index contributed by atoms with van der Waals surface area (Å²) in [7, 11) is 0. The van der Waals surface area contributed by atoms with Gasteiger partial charge in [0, 0.05) is 6.61 Å². The van der Waals surface area contributed by atoms with Gasteiger partial charge in [0.1, 0.15) is 0 Å². The summed E-state index contributed by atoms with van der Waals surface area (Å²) in [6, 6.07) is 0. The second-order valence-corrected chi connectivity index (χ2v) is 1.21. The van der Waals surface area contributed by atoms with Crippen LogP contribution in [0.1, 0.15) is 20.3 Å². The predicted molar refractivity (Wildman–Crippen MR) is 31.3 cm³/mol. The van der Waals surface area contributed by atoms with Gasteiger partial charge in [-0.3, -0.25) is 0 Å². The first-order valence-electron chi connectivity index (χ1n) is 2.66. The molecule has 0 saturated heterocycles. The second kappa shape index (κ2) is 9.99. The van der Waals surface area contributed by atoms with Crippen LogP contribution >= 0.6 is 0 Å². The van der Waals surface area contributed by atoms with E-state index in [-0.39, 0.29) is 6.61 Å². The van der Waals surface area contributed by atoms with Gasteiger partial charge in [-0.25, -0.2) is 0 Å². The third kappa shape index (κ3) is 39.6. The van der Waals surface area contributed by atoms with Crippen LogP contribution in [0.2, 0.25) is 0 Å². The van der Waals surface area contributed by atoms with Crippen molar-refractivity contribution in [3.8, 4) is 0 Å². The van der Waals surface area contributed by atoms with Crippen LogP contribution in [0.4, 0.5) is 0 Å². The molecule has 52 valence electrons. The maximum atomic E-state index is 7.92. The van der Waals surface area contributed by atoms with Crippen molar-refractivity contribution in [1.29, 1.82) is 0 Å². The van der Waals surface area contributed by atoms with Crippen LogP contribution < -0.4 is 0 Å². The molecule has 0 radical (unpaired) electrons. The smallest absolute Gasteiger partial charge is 0.151 e. The summed E-state index contributed by atoms with van der Waals surface area (Å²) in [5.74, 6) is 0. The molecule has 8 heavy (non-hydrogen) atoms. The third-order valence-electron chi connectivity index (χ3n) is 0.365. The second-order valence-electron chi connectivity index (χ2n) is 1.21. The molecule has 0 aliphatic carbocycles. The average Bonchev–Trinajstić information content (AvgIpc) is 1.69. The molecule has 0 saturated carbocycles. The summed E-state index contributed by atoms with van der Waals surface area (Å²) in [6.45, 7) is 3.63. The molecule has 0 spiro atoms. The highest BCUT2D eigenvalue weighted by Crippen LogP contribution is 1.77. The zero-order chi connectivity index (χ0) is 6.99. The molecule has 0 atom stereocenters. The molecule has 0 aliphatic rings. The van der Waals surface area contributed by atoms with E-state index in [9.17, 15) is 0 Å². The van der Waals surface area contributed by atoms with Gasteiger partial charge in [-0.15, -0.1) is 0 Å². The van der Waals surface area contributed by atoms with E-state index in [1.807, 2.05) is 0 Å². The fraction of sp³-hybridized carbons (Fsp3) is 1.00. The van der Waals surface area contributed by atoms with Gasteiger partial charge in [-0.2, -0.15) is 0 Å². The number of aliphatic hydroxyl groups is 3. The number of rotatable bonds is 1. The molecule has 0 rings (SSSR count). The molecule has 0 aliphatic heterocycles. The van der Waals surface area contributed by atoms with Crippen molar-refractivity contribution < 1.29 is 15.3 Å². The Bertz CT molecular complexity index is 28.9. The molecular weight excluding hydrogens is 108 g/mol. The molecule has 3 N–H and O–H groups in total. The highest BCUT2D eigenvalue weighted by atomic mass is 16.5. The van der Waals surface area contributed by atoms with Gasteiger partial charge in [0.2, 0.25) is 0 Å². The maximum Gasteiger partial charge on any atom is 0.151 e. The Morgan fingerprint density at radius 3 is 1.38 bits per heavy atom. The van der Waals surface area contributed by atoms with Gasteiger partial charge in [-0.05, 0) is 13.3 Å². The van der Waals surface area contributed by atoms with Crippen molar-refractivity contribution in [1.82, 2.24) is 0 Å². The standard InChI is InChI=1S/C3H8O2.C2H6O/c1-2-3(4)5;1-2-3/h3-5H,2H2,1H3;3H,2H2,1H3. The summed E-state index contributed by atoms with van der Waals surface area (Å²) in [5.41, 5.74) is 0. The van der Waals surface area contributed by atoms with E-state index in [4.69, 9.17) is 15.3 Å². The maximum absolute atomic E-state index is 7.92. The minimum absolute atomic E-state index is 0.250. The van der Waals surface area contributed by atoms with Gasteiger partial charge < -0.3 is 15.3 Å². The zero-order valence-electron chi connectivity index (χ0n) is 5.33. The van der Waals surface area contributed by atoms with Gasteiger partial charge >= 0.3 is 0 Å². The number of hydrogen-bond acceptors (Lipinski definition) is 3. The lowest BCUT2D eigenvalue weighted by Gasteiger charge is -1.90. The van der Waals surface area contributed by atoms with Crippen molar-refractivity contribution in [2.24, 2.45) is 0 Å². The first kappa shape index (κ1) is 10.8. The first-order valence-corrected chi connectivity index (χ1v) is 2.66. The van der Waals surface area contributed by atoms with E-state index in [0.717, 1.165) is 0 Å². The lowest BCUT2D eigenvalue weighted by atomic mass is 10.5. The van der Waals surface area contributed by atoms with E-state index in [0.29, 0.717) is 6.42 Å². The molecule has 0 amide bonds. The quantitative estimate of drug-likeness (QED) is 0.419. The summed E-state index contributed by atoms with van der Waals surface area (Å²) in [5, 5.41) is 23.4.